The zero-order valence-electron chi connectivity index (χ0n) is 11.1. The van der Waals surface area contributed by atoms with Gasteiger partial charge in [0, 0.05) is 13.0 Å². The quantitative estimate of drug-likeness (QED) is 0.906. The van der Waals surface area contributed by atoms with E-state index in [4.69, 9.17) is 9.47 Å². The van der Waals surface area contributed by atoms with E-state index in [1.807, 2.05) is 6.92 Å². The monoisotopic (exact) mass is 290 g/mol. The summed E-state index contributed by atoms with van der Waals surface area (Å²) in [6.45, 7) is 2.48. The summed E-state index contributed by atoms with van der Waals surface area (Å²) < 4.78 is 48.2. The lowest BCUT2D eigenvalue weighted by Crippen LogP contribution is -2.55. The van der Waals surface area contributed by atoms with Gasteiger partial charge < -0.3 is 14.6 Å². The van der Waals surface area contributed by atoms with E-state index in [2.05, 4.69) is 0 Å². The Morgan fingerprint density at radius 1 is 1.25 bits per heavy atom. The number of aliphatic hydroxyl groups is 1. The van der Waals surface area contributed by atoms with Crippen molar-refractivity contribution in [3.63, 3.8) is 0 Å². The van der Waals surface area contributed by atoms with Crippen molar-refractivity contribution in [3.8, 4) is 5.75 Å². The molecule has 2 rings (SSSR count). The topological polar surface area (TPSA) is 38.7 Å². The summed E-state index contributed by atoms with van der Waals surface area (Å²) in [5.74, 6) is 0.347. The van der Waals surface area contributed by atoms with Crippen molar-refractivity contribution in [2.75, 3.05) is 6.61 Å². The molecule has 0 saturated heterocycles. The van der Waals surface area contributed by atoms with E-state index < -0.39 is 23.9 Å². The minimum absolute atomic E-state index is 0.312. The molecule has 1 saturated carbocycles. The minimum Gasteiger partial charge on any atom is -0.488 e. The minimum atomic E-state index is -4.35. The second-order valence-electron chi connectivity index (χ2n) is 4.82. The van der Waals surface area contributed by atoms with Crippen LogP contribution in [0.2, 0.25) is 0 Å². The summed E-state index contributed by atoms with van der Waals surface area (Å²) in [5.41, 5.74) is -0.711. The van der Waals surface area contributed by atoms with Crippen molar-refractivity contribution in [2.24, 2.45) is 0 Å². The second kappa shape index (κ2) is 6.01. The first-order valence-corrected chi connectivity index (χ1v) is 6.55. The third-order valence-electron chi connectivity index (χ3n) is 3.20. The SMILES string of the molecule is CCCOC1C(O)CC1Oc1ccc(C(F)(F)F)cc1. The third-order valence-corrected chi connectivity index (χ3v) is 3.20. The van der Waals surface area contributed by atoms with E-state index >= 15 is 0 Å². The Morgan fingerprint density at radius 2 is 1.90 bits per heavy atom. The highest BCUT2D eigenvalue weighted by Crippen LogP contribution is 2.32. The lowest BCUT2D eigenvalue weighted by molar-refractivity contribution is -0.162. The maximum absolute atomic E-state index is 12.4. The zero-order valence-corrected chi connectivity index (χ0v) is 11.1. The van der Waals surface area contributed by atoms with Crippen LogP contribution in [-0.2, 0) is 10.9 Å². The third kappa shape index (κ3) is 3.43. The number of aliphatic hydroxyl groups excluding tert-OH is 1. The number of benzene rings is 1. The van der Waals surface area contributed by atoms with Crippen LogP contribution in [0.4, 0.5) is 13.2 Å². The van der Waals surface area contributed by atoms with Crippen LogP contribution < -0.4 is 4.74 Å². The smallest absolute Gasteiger partial charge is 0.416 e. The first-order chi connectivity index (χ1) is 9.41. The van der Waals surface area contributed by atoms with E-state index in [0.717, 1.165) is 18.6 Å². The molecule has 1 aliphatic rings. The van der Waals surface area contributed by atoms with E-state index in [9.17, 15) is 18.3 Å². The molecule has 20 heavy (non-hydrogen) atoms. The fraction of sp³-hybridized carbons (Fsp3) is 0.571. The number of alkyl halides is 3. The fourth-order valence-corrected chi connectivity index (χ4v) is 2.04. The van der Waals surface area contributed by atoms with Gasteiger partial charge in [-0.25, -0.2) is 0 Å². The van der Waals surface area contributed by atoms with Crippen LogP contribution in [0.15, 0.2) is 24.3 Å². The van der Waals surface area contributed by atoms with Gasteiger partial charge in [0.05, 0.1) is 11.7 Å². The van der Waals surface area contributed by atoms with E-state index in [-0.39, 0.29) is 6.10 Å². The highest BCUT2D eigenvalue weighted by molar-refractivity contribution is 5.29. The molecule has 1 aromatic rings. The lowest BCUT2D eigenvalue weighted by atomic mass is 9.88. The van der Waals surface area contributed by atoms with Crippen LogP contribution in [-0.4, -0.2) is 30.0 Å². The highest BCUT2D eigenvalue weighted by Gasteiger charge is 2.42. The molecule has 1 aliphatic carbocycles. The number of hydrogen-bond acceptors (Lipinski definition) is 3. The molecule has 0 heterocycles. The first kappa shape index (κ1) is 15.1. The Balaban J connectivity index is 1.93. The van der Waals surface area contributed by atoms with Crippen LogP contribution in [0.3, 0.4) is 0 Å². The summed E-state index contributed by atoms with van der Waals surface area (Å²) in [4.78, 5) is 0. The molecule has 1 aromatic carbocycles. The van der Waals surface area contributed by atoms with Crippen molar-refractivity contribution in [3.05, 3.63) is 29.8 Å². The Morgan fingerprint density at radius 3 is 2.40 bits per heavy atom. The Labute approximate surface area is 115 Å². The normalized spacial score (nSPS) is 26.1. The van der Waals surface area contributed by atoms with Crippen molar-refractivity contribution in [2.45, 2.75) is 44.3 Å². The van der Waals surface area contributed by atoms with Gasteiger partial charge in [0.25, 0.3) is 0 Å². The molecule has 0 aromatic heterocycles. The van der Waals surface area contributed by atoms with Gasteiger partial charge in [-0.1, -0.05) is 6.92 Å². The number of hydrogen-bond donors (Lipinski definition) is 1. The summed E-state index contributed by atoms with van der Waals surface area (Å²) in [5, 5.41) is 9.58. The molecular formula is C14H17F3O3. The first-order valence-electron chi connectivity index (χ1n) is 6.55. The number of ether oxygens (including phenoxy) is 2. The highest BCUT2D eigenvalue weighted by atomic mass is 19.4. The average Bonchev–Trinajstić information content (AvgIpc) is 2.38. The van der Waals surface area contributed by atoms with Gasteiger partial charge in [-0.05, 0) is 30.7 Å². The molecule has 3 atom stereocenters. The van der Waals surface area contributed by atoms with Crippen LogP contribution >= 0.6 is 0 Å². The van der Waals surface area contributed by atoms with Crippen LogP contribution in [0, 0.1) is 0 Å². The Kier molecular flexibility index (Phi) is 4.55. The molecule has 0 aliphatic heterocycles. The summed E-state index contributed by atoms with van der Waals surface area (Å²) in [6.07, 6.45) is -4.38. The van der Waals surface area contributed by atoms with Crippen LogP contribution in [0.5, 0.6) is 5.75 Å². The van der Waals surface area contributed by atoms with Crippen molar-refractivity contribution in [1.82, 2.24) is 0 Å². The maximum Gasteiger partial charge on any atom is 0.416 e. The van der Waals surface area contributed by atoms with Gasteiger partial charge in [0.2, 0.25) is 0 Å². The second-order valence-corrected chi connectivity index (χ2v) is 4.82. The van der Waals surface area contributed by atoms with Gasteiger partial charge in [-0.15, -0.1) is 0 Å². The van der Waals surface area contributed by atoms with Gasteiger partial charge >= 0.3 is 6.18 Å². The van der Waals surface area contributed by atoms with Crippen molar-refractivity contribution >= 4 is 0 Å². The van der Waals surface area contributed by atoms with Gasteiger partial charge in [-0.3, -0.25) is 0 Å². The fourth-order valence-electron chi connectivity index (χ4n) is 2.04. The maximum atomic E-state index is 12.4. The number of halogens is 3. The predicted molar refractivity (Wildman–Crippen MR) is 66.5 cm³/mol. The largest absolute Gasteiger partial charge is 0.488 e. The zero-order chi connectivity index (χ0) is 14.8. The lowest BCUT2D eigenvalue weighted by Gasteiger charge is -2.40. The summed E-state index contributed by atoms with van der Waals surface area (Å²) in [6, 6.07) is 4.52. The molecule has 0 spiro atoms. The van der Waals surface area contributed by atoms with Gasteiger partial charge in [0.1, 0.15) is 18.0 Å². The summed E-state index contributed by atoms with van der Waals surface area (Å²) >= 11 is 0. The van der Waals surface area contributed by atoms with Crippen LogP contribution in [0.1, 0.15) is 25.3 Å². The molecular weight excluding hydrogens is 273 g/mol. The van der Waals surface area contributed by atoms with Crippen LogP contribution in [0.25, 0.3) is 0 Å². The molecule has 3 unspecified atom stereocenters. The molecule has 112 valence electrons. The van der Waals surface area contributed by atoms with E-state index in [0.29, 0.717) is 18.8 Å². The Bertz CT molecular complexity index is 430. The average molecular weight is 290 g/mol. The molecule has 3 nitrogen and oxygen atoms in total. The molecule has 0 bridgehead atoms. The van der Waals surface area contributed by atoms with E-state index in [1.54, 1.807) is 0 Å². The summed E-state index contributed by atoms with van der Waals surface area (Å²) in [7, 11) is 0. The van der Waals surface area contributed by atoms with Gasteiger partial charge in [-0.2, -0.15) is 13.2 Å². The molecule has 1 N–H and O–H groups in total. The van der Waals surface area contributed by atoms with E-state index in [1.165, 1.54) is 12.1 Å². The predicted octanol–water partition coefficient (Wildman–Crippen LogP) is 3.01. The molecule has 0 radical (unpaired) electrons. The Hall–Kier alpha value is -1.27. The van der Waals surface area contributed by atoms with Crippen molar-refractivity contribution in [1.29, 1.82) is 0 Å². The van der Waals surface area contributed by atoms with Crippen molar-refractivity contribution < 1.29 is 27.8 Å². The standard InChI is InChI=1S/C14H17F3O3/c1-2-7-19-13-11(18)8-12(13)20-10-5-3-9(4-6-10)14(15,16)17/h3-6,11-13,18H,2,7-8H2,1H3. The molecule has 6 heteroatoms. The van der Waals surface area contributed by atoms with Gasteiger partial charge in [0.15, 0.2) is 0 Å². The number of rotatable bonds is 5. The molecule has 1 fully saturated rings. The molecule has 0 amide bonds.